The van der Waals surface area contributed by atoms with Crippen molar-refractivity contribution in [3.63, 3.8) is 0 Å². The molecular formula is C16H34N2O3. The molecule has 0 radical (unpaired) electrons. The Morgan fingerprint density at radius 1 is 0.714 bits per heavy atom. The molecule has 21 heavy (non-hydrogen) atoms. The van der Waals surface area contributed by atoms with Crippen LogP contribution in [0.15, 0.2) is 0 Å². The van der Waals surface area contributed by atoms with Gasteiger partial charge in [-0.15, -0.1) is 0 Å². The zero-order valence-corrected chi connectivity index (χ0v) is 14.8. The summed E-state index contributed by atoms with van der Waals surface area (Å²) in [7, 11) is 0. The maximum Gasteiger partial charge on any atom is 0.0952 e. The second kappa shape index (κ2) is 8.44. The molecule has 0 aliphatic carbocycles. The van der Waals surface area contributed by atoms with Crippen LogP contribution in [0.4, 0.5) is 0 Å². The summed E-state index contributed by atoms with van der Waals surface area (Å²) < 4.78 is 5.78. The highest BCUT2D eigenvalue weighted by molar-refractivity contribution is 4.72. The lowest BCUT2D eigenvalue weighted by molar-refractivity contribution is -0.349. The first-order chi connectivity index (χ1) is 9.66. The molecule has 5 heteroatoms. The fourth-order valence-electron chi connectivity index (χ4n) is 2.10. The van der Waals surface area contributed by atoms with Gasteiger partial charge in [0.05, 0.1) is 24.4 Å². The van der Waals surface area contributed by atoms with Crippen molar-refractivity contribution in [1.82, 2.24) is 9.80 Å². The number of hydrogen-bond acceptors (Lipinski definition) is 5. The van der Waals surface area contributed by atoms with Crippen LogP contribution < -0.4 is 0 Å². The Labute approximate surface area is 130 Å². The van der Waals surface area contributed by atoms with Crippen LogP contribution in [0.2, 0.25) is 0 Å². The van der Waals surface area contributed by atoms with Crippen molar-refractivity contribution in [1.29, 1.82) is 0 Å². The number of rotatable bonds is 7. The van der Waals surface area contributed by atoms with Gasteiger partial charge in [0.25, 0.3) is 0 Å². The van der Waals surface area contributed by atoms with E-state index in [-0.39, 0.29) is 11.2 Å². The monoisotopic (exact) mass is 302 g/mol. The summed E-state index contributed by atoms with van der Waals surface area (Å²) in [5.41, 5.74) is -0.266. The van der Waals surface area contributed by atoms with E-state index in [1.165, 1.54) is 0 Å². The molecule has 0 aromatic heterocycles. The molecule has 0 bridgehead atoms. The van der Waals surface area contributed by atoms with Crippen LogP contribution in [0.25, 0.3) is 0 Å². The van der Waals surface area contributed by atoms with E-state index < -0.39 is 0 Å². The molecule has 1 saturated heterocycles. The SMILES string of the molecule is CC(C)(C)OCCN1CCN(CCOOC(C)(C)C)CC1. The summed E-state index contributed by atoms with van der Waals surface area (Å²) in [5.74, 6) is 0. The van der Waals surface area contributed by atoms with Gasteiger partial charge in [-0.2, -0.15) is 0 Å². The fraction of sp³-hybridized carbons (Fsp3) is 1.00. The van der Waals surface area contributed by atoms with Crippen molar-refractivity contribution in [2.75, 3.05) is 52.5 Å². The van der Waals surface area contributed by atoms with Gasteiger partial charge >= 0.3 is 0 Å². The highest BCUT2D eigenvalue weighted by Gasteiger charge is 2.18. The van der Waals surface area contributed by atoms with Crippen molar-refractivity contribution >= 4 is 0 Å². The molecular weight excluding hydrogens is 268 g/mol. The summed E-state index contributed by atoms with van der Waals surface area (Å²) in [6.45, 7) is 20.1. The molecule has 5 nitrogen and oxygen atoms in total. The predicted molar refractivity (Wildman–Crippen MR) is 85.4 cm³/mol. The first-order valence-electron chi connectivity index (χ1n) is 8.05. The lowest BCUT2D eigenvalue weighted by Gasteiger charge is -2.35. The predicted octanol–water partition coefficient (Wildman–Crippen LogP) is 2.17. The maximum absolute atomic E-state index is 5.78. The quantitative estimate of drug-likeness (QED) is 0.409. The van der Waals surface area contributed by atoms with Crippen molar-refractivity contribution in [2.24, 2.45) is 0 Å². The van der Waals surface area contributed by atoms with Crippen molar-refractivity contribution in [3.8, 4) is 0 Å². The van der Waals surface area contributed by atoms with Crippen molar-refractivity contribution in [3.05, 3.63) is 0 Å². The van der Waals surface area contributed by atoms with Gasteiger partial charge in [0, 0.05) is 39.3 Å². The molecule has 0 spiro atoms. The summed E-state index contributed by atoms with van der Waals surface area (Å²) in [4.78, 5) is 15.4. The molecule has 1 fully saturated rings. The molecule has 0 aromatic rings. The Morgan fingerprint density at radius 3 is 1.62 bits per heavy atom. The third-order valence-corrected chi connectivity index (χ3v) is 3.21. The second-order valence-electron chi connectivity index (χ2n) is 7.66. The van der Waals surface area contributed by atoms with E-state index >= 15 is 0 Å². The number of piperazine rings is 1. The van der Waals surface area contributed by atoms with Gasteiger partial charge in [0.2, 0.25) is 0 Å². The van der Waals surface area contributed by atoms with E-state index in [4.69, 9.17) is 14.5 Å². The summed E-state index contributed by atoms with van der Waals surface area (Å²) >= 11 is 0. The highest BCUT2D eigenvalue weighted by atomic mass is 17.2. The van der Waals surface area contributed by atoms with E-state index in [2.05, 4.69) is 30.6 Å². The van der Waals surface area contributed by atoms with Crippen LogP contribution in [0.3, 0.4) is 0 Å². The average molecular weight is 302 g/mol. The Kier molecular flexibility index (Phi) is 7.57. The molecule has 0 saturated carbocycles. The van der Waals surface area contributed by atoms with Crippen molar-refractivity contribution in [2.45, 2.75) is 52.7 Å². The summed E-state index contributed by atoms with van der Waals surface area (Å²) in [6, 6.07) is 0. The van der Waals surface area contributed by atoms with E-state index in [1.807, 2.05) is 20.8 Å². The minimum atomic E-state index is -0.230. The first kappa shape index (κ1) is 18.8. The van der Waals surface area contributed by atoms with Crippen LogP contribution in [0, 0.1) is 0 Å². The number of ether oxygens (including phenoxy) is 1. The Morgan fingerprint density at radius 2 is 1.19 bits per heavy atom. The van der Waals surface area contributed by atoms with Gasteiger partial charge in [0.15, 0.2) is 0 Å². The maximum atomic E-state index is 5.78. The van der Waals surface area contributed by atoms with Crippen LogP contribution in [-0.2, 0) is 14.5 Å². The highest BCUT2D eigenvalue weighted by Crippen LogP contribution is 2.09. The van der Waals surface area contributed by atoms with Gasteiger partial charge in [-0.3, -0.25) is 9.80 Å². The summed E-state index contributed by atoms with van der Waals surface area (Å²) in [5, 5.41) is 0. The molecule has 1 aliphatic rings. The third-order valence-electron chi connectivity index (χ3n) is 3.21. The zero-order valence-electron chi connectivity index (χ0n) is 14.8. The van der Waals surface area contributed by atoms with Gasteiger partial charge in [0.1, 0.15) is 0 Å². The first-order valence-corrected chi connectivity index (χ1v) is 8.05. The molecule has 0 amide bonds. The molecule has 0 unspecified atom stereocenters. The number of hydrogen-bond donors (Lipinski definition) is 0. The van der Waals surface area contributed by atoms with E-state index in [9.17, 15) is 0 Å². The van der Waals surface area contributed by atoms with Gasteiger partial charge < -0.3 is 4.74 Å². The third kappa shape index (κ3) is 10.2. The Balaban J connectivity index is 2.04. The van der Waals surface area contributed by atoms with Gasteiger partial charge in [-0.25, -0.2) is 9.78 Å². The Hall–Kier alpha value is -0.200. The van der Waals surface area contributed by atoms with E-state index in [1.54, 1.807) is 0 Å². The second-order valence-corrected chi connectivity index (χ2v) is 7.66. The lowest BCUT2D eigenvalue weighted by Crippen LogP contribution is -2.48. The molecule has 126 valence electrons. The molecule has 0 atom stereocenters. The molecule has 1 aliphatic heterocycles. The van der Waals surface area contributed by atoms with Gasteiger partial charge in [-0.1, -0.05) is 0 Å². The van der Waals surface area contributed by atoms with Crippen LogP contribution in [-0.4, -0.2) is 73.5 Å². The minimum absolute atomic E-state index is 0.0355. The molecule has 0 N–H and O–H groups in total. The summed E-state index contributed by atoms with van der Waals surface area (Å²) in [6.07, 6.45) is 0. The standard InChI is InChI=1S/C16H34N2O3/c1-15(2,3)19-13-11-17-7-9-18(10-8-17)12-14-20-21-16(4,5)6/h7-14H2,1-6H3. The lowest BCUT2D eigenvalue weighted by atomic mass is 10.2. The van der Waals surface area contributed by atoms with Crippen LogP contribution in [0.5, 0.6) is 0 Å². The van der Waals surface area contributed by atoms with Crippen LogP contribution >= 0.6 is 0 Å². The minimum Gasteiger partial charge on any atom is -0.375 e. The molecule has 1 rings (SSSR count). The van der Waals surface area contributed by atoms with E-state index in [0.717, 1.165) is 45.9 Å². The van der Waals surface area contributed by atoms with Crippen LogP contribution in [0.1, 0.15) is 41.5 Å². The van der Waals surface area contributed by atoms with Gasteiger partial charge in [-0.05, 0) is 41.5 Å². The Bertz CT molecular complexity index is 276. The fourth-order valence-corrected chi connectivity index (χ4v) is 2.10. The molecule has 0 aromatic carbocycles. The zero-order chi connectivity index (χ0) is 15.9. The smallest absolute Gasteiger partial charge is 0.0952 e. The average Bonchev–Trinajstić information content (AvgIpc) is 2.34. The normalized spacial score (nSPS) is 19.1. The largest absolute Gasteiger partial charge is 0.375 e. The van der Waals surface area contributed by atoms with Crippen molar-refractivity contribution < 1.29 is 14.5 Å². The van der Waals surface area contributed by atoms with E-state index in [0.29, 0.717) is 6.61 Å². The molecule has 1 heterocycles. The number of nitrogens with zero attached hydrogens (tertiary/aromatic N) is 2. The topological polar surface area (TPSA) is 34.2 Å².